The average Bonchev–Trinajstić information content (AvgIpc) is 3.27. The lowest BCUT2D eigenvalue weighted by Gasteiger charge is -2.08. The van der Waals surface area contributed by atoms with Crippen molar-refractivity contribution in [2.45, 2.75) is 0 Å². The predicted octanol–water partition coefficient (Wildman–Crippen LogP) is 2.82. The molecule has 0 fully saturated rings. The van der Waals surface area contributed by atoms with Gasteiger partial charge in [-0.2, -0.15) is 0 Å². The van der Waals surface area contributed by atoms with Gasteiger partial charge in [-0.3, -0.25) is 9.59 Å². The molecule has 0 bridgehead atoms. The van der Waals surface area contributed by atoms with Crippen molar-refractivity contribution in [2.75, 3.05) is 13.1 Å². The monoisotopic (exact) mass is 360 g/mol. The summed E-state index contributed by atoms with van der Waals surface area (Å²) >= 11 is 0. The molecule has 2 heterocycles. The van der Waals surface area contributed by atoms with Crippen LogP contribution in [-0.4, -0.2) is 34.5 Å². The Morgan fingerprint density at radius 2 is 1.67 bits per heavy atom. The number of H-pyrrole nitrogens is 1. The summed E-state index contributed by atoms with van der Waals surface area (Å²) < 4.78 is 1.87. The minimum atomic E-state index is -0.161. The van der Waals surface area contributed by atoms with E-state index in [1.165, 1.54) is 0 Å². The lowest BCUT2D eigenvalue weighted by atomic mass is 10.1. The summed E-state index contributed by atoms with van der Waals surface area (Å²) in [5.74, 6) is -0.318. The number of amides is 2. The zero-order valence-corrected chi connectivity index (χ0v) is 15.0. The fourth-order valence-corrected chi connectivity index (χ4v) is 3.30. The molecular formula is C21H20N4O2. The van der Waals surface area contributed by atoms with Crippen molar-refractivity contribution in [3.05, 3.63) is 72.1 Å². The Hall–Kier alpha value is -3.54. The second kappa shape index (κ2) is 6.99. The minimum Gasteiger partial charge on any atom is -0.360 e. The van der Waals surface area contributed by atoms with Gasteiger partial charge in [0.25, 0.3) is 11.8 Å². The quantitative estimate of drug-likeness (QED) is 0.479. The van der Waals surface area contributed by atoms with Crippen molar-refractivity contribution in [3.63, 3.8) is 0 Å². The van der Waals surface area contributed by atoms with Crippen LogP contribution in [0, 0.1) is 0 Å². The second-order valence-electron chi connectivity index (χ2n) is 6.41. The van der Waals surface area contributed by atoms with Crippen molar-refractivity contribution in [2.24, 2.45) is 7.05 Å². The molecule has 0 radical (unpaired) electrons. The Morgan fingerprint density at radius 3 is 2.48 bits per heavy atom. The first kappa shape index (κ1) is 16.9. The molecule has 4 rings (SSSR count). The molecule has 2 aromatic carbocycles. The first-order chi connectivity index (χ1) is 13.1. The van der Waals surface area contributed by atoms with E-state index in [1.54, 1.807) is 6.20 Å². The van der Waals surface area contributed by atoms with Crippen molar-refractivity contribution >= 4 is 33.6 Å². The van der Waals surface area contributed by atoms with Crippen LogP contribution in [-0.2, 0) is 7.05 Å². The Balaban J connectivity index is 1.35. The highest BCUT2D eigenvalue weighted by atomic mass is 16.2. The minimum absolute atomic E-state index is 0.157. The van der Waals surface area contributed by atoms with Gasteiger partial charge in [-0.05, 0) is 18.2 Å². The van der Waals surface area contributed by atoms with Gasteiger partial charge < -0.3 is 20.2 Å². The summed E-state index contributed by atoms with van der Waals surface area (Å²) in [6.07, 6.45) is 1.70. The van der Waals surface area contributed by atoms with Gasteiger partial charge in [-0.25, -0.2) is 0 Å². The van der Waals surface area contributed by atoms with Crippen molar-refractivity contribution in [3.8, 4) is 0 Å². The number of fused-ring (bicyclic) bond motifs is 2. The lowest BCUT2D eigenvalue weighted by molar-refractivity contribution is 0.0924. The topological polar surface area (TPSA) is 78.9 Å². The number of aromatic amines is 1. The van der Waals surface area contributed by atoms with Crippen molar-refractivity contribution in [1.29, 1.82) is 0 Å². The van der Waals surface area contributed by atoms with Crippen LogP contribution < -0.4 is 10.6 Å². The number of para-hydroxylation sites is 2. The Bertz CT molecular complexity index is 1140. The lowest BCUT2D eigenvalue weighted by Crippen LogP contribution is -2.35. The van der Waals surface area contributed by atoms with Crippen LogP contribution in [0.5, 0.6) is 0 Å². The number of carbonyl (C=O) groups excluding carboxylic acids is 2. The van der Waals surface area contributed by atoms with Gasteiger partial charge in [0.15, 0.2) is 0 Å². The number of nitrogens with one attached hydrogen (secondary N) is 3. The Kier molecular flexibility index (Phi) is 4.38. The zero-order valence-electron chi connectivity index (χ0n) is 15.0. The molecule has 0 spiro atoms. The normalized spacial score (nSPS) is 11.0. The molecule has 6 nitrogen and oxygen atoms in total. The molecule has 0 aliphatic rings. The summed E-state index contributed by atoms with van der Waals surface area (Å²) in [4.78, 5) is 27.9. The molecule has 6 heteroatoms. The third-order valence-electron chi connectivity index (χ3n) is 4.71. The highest BCUT2D eigenvalue weighted by Gasteiger charge is 2.13. The van der Waals surface area contributed by atoms with Crippen LogP contribution in [0.15, 0.2) is 60.8 Å². The van der Waals surface area contributed by atoms with E-state index in [9.17, 15) is 9.59 Å². The number of aromatic nitrogens is 2. The van der Waals surface area contributed by atoms with E-state index in [-0.39, 0.29) is 11.8 Å². The van der Waals surface area contributed by atoms with Gasteiger partial charge in [0.1, 0.15) is 5.69 Å². The van der Waals surface area contributed by atoms with Crippen LogP contribution in [0.2, 0.25) is 0 Å². The number of nitrogens with zero attached hydrogens (tertiary/aromatic N) is 1. The number of benzene rings is 2. The highest BCUT2D eigenvalue weighted by molar-refractivity contribution is 6.06. The van der Waals surface area contributed by atoms with Crippen LogP contribution in [0.25, 0.3) is 21.8 Å². The number of rotatable bonds is 5. The fourth-order valence-electron chi connectivity index (χ4n) is 3.30. The molecule has 3 N–H and O–H groups in total. The van der Waals surface area contributed by atoms with Gasteiger partial charge in [-0.15, -0.1) is 0 Å². The van der Waals surface area contributed by atoms with Crippen LogP contribution >= 0.6 is 0 Å². The summed E-state index contributed by atoms with van der Waals surface area (Å²) in [5.41, 5.74) is 3.13. The first-order valence-electron chi connectivity index (χ1n) is 8.82. The molecule has 27 heavy (non-hydrogen) atoms. The summed E-state index contributed by atoms with van der Waals surface area (Å²) in [6.45, 7) is 0.711. The summed E-state index contributed by atoms with van der Waals surface area (Å²) in [6, 6.07) is 17.4. The van der Waals surface area contributed by atoms with Gasteiger partial charge in [0.05, 0.1) is 5.56 Å². The number of hydrogen-bond donors (Lipinski definition) is 3. The Morgan fingerprint density at radius 1 is 0.963 bits per heavy atom. The Labute approximate surface area is 156 Å². The van der Waals surface area contributed by atoms with E-state index in [2.05, 4.69) is 15.6 Å². The number of aryl methyl sites for hydroxylation is 1. The predicted molar refractivity (Wildman–Crippen MR) is 106 cm³/mol. The van der Waals surface area contributed by atoms with Gasteiger partial charge in [0.2, 0.25) is 0 Å². The third-order valence-corrected chi connectivity index (χ3v) is 4.71. The standard InChI is InChI=1S/C21H20N4O2/c1-25-18-9-5-2-6-14(18)12-19(25)21(27)23-11-10-22-20(26)16-13-24-17-8-4-3-7-15(16)17/h2-9,12-13,24H,10-11H2,1H3,(H,22,26)(H,23,27). The molecule has 0 aliphatic heterocycles. The number of hydrogen-bond acceptors (Lipinski definition) is 2. The second-order valence-corrected chi connectivity index (χ2v) is 6.41. The van der Waals surface area contributed by atoms with E-state index < -0.39 is 0 Å². The maximum atomic E-state index is 12.4. The van der Waals surface area contributed by atoms with E-state index in [0.717, 1.165) is 21.8 Å². The molecule has 0 aliphatic carbocycles. The van der Waals surface area contributed by atoms with E-state index >= 15 is 0 Å². The maximum absolute atomic E-state index is 12.4. The SMILES string of the molecule is Cn1c(C(=O)NCCNC(=O)c2c[nH]c3ccccc23)cc2ccccc21. The third kappa shape index (κ3) is 3.17. The maximum Gasteiger partial charge on any atom is 0.267 e. The summed E-state index contributed by atoms with van der Waals surface area (Å²) in [5, 5.41) is 7.61. The molecule has 2 aromatic heterocycles. The van der Waals surface area contributed by atoms with Gasteiger partial charge >= 0.3 is 0 Å². The molecule has 136 valence electrons. The zero-order chi connectivity index (χ0) is 18.8. The molecule has 0 atom stereocenters. The van der Waals surface area contributed by atoms with Gasteiger partial charge in [-0.1, -0.05) is 36.4 Å². The first-order valence-corrected chi connectivity index (χ1v) is 8.82. The summed E-state index contributed by atoms with van der Waals surface area (Å²) in [7, 11) is 1.87. The molecule has 0 unspecified atom stereocenters. The van der Waals surface area contributed by atoms with Crippen LogP contribution in [0.3, 0.4) is 0 Å². The van der Waals surface area contributed by atoms with Crippen molar-refractivity contribution < 1.29 is 9.59 Å². The molecular weight excluding hydrogens is 340 g/mol. The number of carbonyl (C=O) groups is 2. The molecule has 0 saturated heterocycles. The van der Waals surface area contributed by atoms with E-state index in [1.807, 2.05) is 66.2 Å². The fraction of sp³-hybridized carbons (Fsp3) is 0.143. The van der Waals surface area contributed by atoms with Crippen LogP contribution in [0.4, 0.5) is 0 Å². The van der Waals surface area contributed by atoms with Gasteiger partial charge in [0, 0.05) is 48.1 Å². The molecule has 0 saturated carbocycles. The highest BCUT2D eigenvalue weighted by Crippen LogP contribution is 2.18. The smallest absolute Gasteiger partial charge is 0.267 e. The van der Waals surface area contributed by atoms with E-state index in [4.69, 9.17) is 0 Å². The average molecular weight is 360 g/mol. The molecule has 2 amide bonds. The van der Waals surface area contributed by atoms with Crippen molar-refractivity contribution in [1.82, 2.24) is 20.2 Å². The largest absolute Gasteiger partial charge is 0.360 e. The van der Waals surface area contributed by atoms with E-state index in [0.29, 0.717) is 24.3 Å². The van der Waals surface area contributed by atoms with Crippen LogP contribution in [0.1, 0.15) is 20.8 Å². The molecule has 4 aromatic rings.